The molecule has 2 bridgehead atoms. The molecule has 0 spiro atoms. The van der Waals surface area contributed by atoms with E-state index in [1.54, 1.807) is 0 Å². The highest BCUT2D eigenvalue weighted by Crippen LogP contribution is 2.72. The highest BCUT2D eigenvalue weighted by atomic mass is 19.1. The summed E-state index contributed by atoms with van der Waals surface area (Å²) in [5, 5.41) is 0. The van der Waals surface area contributed by atoms with Gasteiger partial charge < -0.3 is 0 Å². The maximum atomic E-state index is 13.1. The molecule has 0 unspecified atom stereocenters. The predicted molar refractivity (Wildman–Crippen MR) is 44.2 cm³/mol. The maximum absolute atomic E-state index is 13.1. The minimum atomic E-state index is -0.703. The van der Waals surface area contributed by atoms with Crippen molar-refractivity contribution in [1.29, 1.82) is 0 Å². The van der Waals surface area contributed by atoms with Gasteiger partial charge in [-0.05, 0) is 36.5 Å². The summed E-state index contributed by atoms with van der Waals surface area (Å²) in [4.78, 5) is 0. The van der Waals surface area contributed by atoms with Crippen molar-refractivity contribution >= 4 is 0 Å². The molecule has 64 valence electrons. The largest absolute Gasteiger partial charge is 0.244 e. The third-order valence-electron chi connectivity index (χ3n) is 2.98. The van der Waals surface area contributed by atoms with Gasteiger partial charge in [0.1, 0.15) is 5.67 Å². The summed E-state index contributed by atoms with van der Waals surface area (Å²) >= 11 is 0. The molecule has 0 aromatic rings. The average Bonchev–Trinajstić information content (AvgIpc) is 1.53. The van der Waals surface area contributed by atoms with Crippen molar-refractivity contribution in [2.75, 3.05) is 0 Å². The molecule has 3 fully saturated rings. The number of hydrogen-bond acceptors (Lipinski definition) is 0. The summed E-state index contributed by atoms with van der Waals surface area (Å²) in [6, 6.07) is 0. The van der Waals surface area contributed by atoms with Crippen LogP contribution < -0.4 is 0 Å². The van der Waals surface area contributed by atoms with Crippen LogP contribution in [0.3, 0.4) is 0 Å². The number of halogens is 1. The summed E-state index contributed by atoms with van der Waals surface area (Å²) in [6.45, 7) is 6.74. The Kier molecular flexibility index (Phi) is 1.13. The quantitative estimate of drug-likeness (QED) is 0.546. The molecule has 3 aliphatic carbocycles. The summed E-state index contributed by atoms with van der Waals surface area (Å²) in [6.07, 6.45) is 3.79. The number of alkyl halides is 1. The van der Waals surface area contributed by atoms with Gasteiger partial charge in [0.15, 0.2) is 0 Å². The van der Waals surface area contributed by atoms with Crippen LogP contribution in [0.1, 0.15) is 46.5 Å². The Bertz CT molecular complexity index is 168. The third kappa shape index (κ3) is 1.09. The van der Waals surface area contributed by atoms with E-state index in [1.807, 2.05) is 0 Å². The fourth-order valence-electron chi connectivity index (χ4n) is 3.17. The van der Waals surface area contributed by atoms with Gasteiger partial charge in [0, 0.05) is 0 Å². The first kappa shape index (κ1) is 7.57. The molecule has 11 heavy (non-hydrogen) atoms. The van der Waals surface area contributed by atoms with Crippen LogP contribution in [0.4, 0.5) is 4.39 Å². The molecule has 3 saturated carbocycles. The third-order valence-corrected chi connectivity index (χ3v) is 2.98. The molecule has 3 rings (SSSR count). The van der Waals surface area contributed by atoms with Crippen molar-refractivity contribution in [3.8, 4) is 0 Å². The molecule has 0 nitrogen and oxygen atoms in total. The Morgan fingerprint density at radius 3 is 1.91 bits per heavy atom. The summed E-state index contributed by atoms with van der Waals surface area (Å²) in [5.74, 6) is 0. The standard InChI is InChI=1S/C10H17F/c1-8(2,3)4-9-5-10(11,6-9)7-9/h4-7H2,1-3H3/t9-,10+. The van der Waals surface area contributed by atoms with Crippen LogP contribution in [0.5, 0.6) is 0 Å². The van der Waals surface area contributed by atoms with Gasteiger partial charge in [-0.15, -0.1) is 0 Å². The molecule has 0 radical (unpaired) electrons. The number of rotatable bonds is 1. The first-order valence-corrected chi connectivity index (χ1v) is 4.52. The molecule has 0 atom stereocenters. The van der Waals surface area contributed by atoms with E-state index in [9.17, 15) is 4.39 Å². The van der Waals surface area contributed by atoms with Crippen LogP contribution in [-0.4, -0.2) is 5.67 Å². The summed E-state index contributed by atoms with van der Waals surface area (Å²) in [7, 11) is 0. The monoisotopic (exact) mass is 156 g/mol. The Labute approximate surface area is 68.2 Å². The minimum Gasteiger partial charge on any atom is -0.244 e. The Morgan fingerprint density at radius 2 is 1.64 bits per heavy atom. The van der Waals surface area contributed by atoms with Gasteiger partial charge in [-0.2, -0.15) is 0 Å². The van der Waals surface area contributed by atoms with E-state index in [1.165, 1.54) is 6.42 Å². The second-order valence-electron chi connectivity index (χ2n) is 5.92. The molecule has 0 amide bonds. The van der Waals surface area contributed by atoms with E-state index in [0.717, 1.165) is 19.3 Å². The fraction of sp³-hybridized carbons (Fsp3) is 1.00. The van der Waals surface area contributed by atoms with E-state index < -0.39 is 5.67 Å². The molecule has 3 aliphatic rings. The predicted octanol–water partition coefficient (Wildman–Crippen LogP) is 3.31. The van der Waals surface area contributed by atoms with Gasteiger partial charge in [-0.1, -0.05) is 20.8 Å². The van der Waals surface area contributed by atoms with E-state index >= 15 is 0 Å². The molecular formula is C10H17F. The topological polar surface area (TPSA) is 0 Å². The minimum absolute atomic E-state index is 0.391. The molecule has 0 saturated heterocycles. The van der Waals surface area contributed by atoms with E-state index in [2.05, 4.69) is 20.8 Å². The van der Waals surface area contributed by atoms with Gasteiger partial charge in [-0.3, -0.25) is 0 Å². The maximum Gasteiger partial charge on any atom is 0.112 e. The van der Waals surface area contributed by atoms with Crippen LogP contribution >= 0.6 is 0 Å². The molecule has 0 aromatic carbocycles. The van der Waals surface area contributed by atoms with Gasteiger partial charge in [0.25, 0.3) is 0 Å². The smallest absolute Gasteiger partial charge is 0.112 e. The van der Waals surface area contributed by atoms with Crippen LogP contribution in [0, 0.1) is 10.8 Å². The summed E-state index contributed by atoms with van der Waals surface area (Å²) in [5.41, 5.74) is 0.125. The van der Waals surface area contributed by atoms with Crippen LogP contribution in [-0.2, 0) is 0 Å². The Balaban J connectivity index is 1.91. The molecule has 0 N–H and O–H groups in total. The van der Waals surface area contributed by atoms with Gasteiger partial charge >= 0.3 is 0 Å². The second-order valence-corrected chi connectivity index (χ2v) is 5.92. The molecule has 1 heteroatoms. The highest BCUT2D eigenvalue weighted by molar-refractivity contribution is 5.19. The average molecular weight is 156 g/mol. The first-order valence-electron chi connectivity index (χ1n) is 4.52. The normalized spacial score (nSPS) is 48.0. The van der Waals surface area contributed by atoms with Gasteiger partial charge in [0.2, 0.25) is 0 Å². The zero-order chi connectivity index (χ0) is 8.33. The first-order chi connectivity index (χ1) is 4.83. The van der Waals surface area contributed by atoms with Crippen LogP contribution in [0.15, 0.2) is 0 Å². The lowest BCUT2D eigenvalue weighted by atomic mass is 9.39. The van der Waals surface area contributed by atoms with Crippen molar-refractivity contribution in [2.24, 2.45) is 10.8 Å². The zero-order valence-electron chi connectivity index (χ0n) is 7.71. The molecular weight excluding hydrogens is 139 g/mol. The van der Waals surface area contributed by atoms with E-state index in [0.29, 0.717) is 10.8 Å². The Hall–Kier alpha value is -0.0700. The van der Waals surface area contributed by atoms with Gasteiger partial charge in [0.05, 0.1) is 0 Å². The van der Waals surface area contributed by atoms with Crippen LogP contribution in [0.25, 0.3) is 0 Å². The van der Waals surface area contributed by atoms with E-state index in [-0.39, 0.29) is 0 Å². The van der Waals surface area contributed by atoms with Crippen molar-refractivity contribution in [1.82, 2.24) is 0 Å². The van der Waals surface area contributed by atoms with Crippen molar-refractivity contribution in [2.45, 2.75) is 52.1 Å². The lowest BCUT2D eigenvalue weighted by Gasteiger charge is -2.67. The lowest BCUT2D eigenvalue weighted by Crippen LogP contribution is -2.65. The van der Waals surface area contributed by atoms with E-state index in [4.69, 9.17) is 0 Å². The van der Waals surface area contributed by atoms with Crippen molar-refractivity contribution < 1.29 is 4.39 Å². The lowest BCUT2D eigenvalue weighted by molar-refractivity contribution is -0.226. The molecule has 0 aromatic heterocycles. The SMILES string of the molecule is CC(C)(C)C[C@]12C[C@@](F)(C1)C2. The summed E-state index contributed by atoms with van der Waals surface area (Å²) < 4.78 is 13.1. The molecule has 0 aliphatic heterocycles. The van der Waals surface area contributed by atoms with Crippen molar-refractivity contribution in [3.63, 3.8) is 0 Å². The Morgan fingerprint density at radius 1 is 1.18 bits per heavy atom. The fourth-order valence-corrected chi connectivity index (χ4v) is 3.17. The highest BCUT2D eigenvalue weighted by Gasteiger charge is 2.69. The van der Waals surface area contributed by atoms with Crippen LogP contribution in [0.2, 0.25) is 0 Å². The second kappa shape index (κ2) is 1.65. The zero-order valence-corrected chi connectivity index (χ0v) is 7.71. The van der Waals surface area contributed by atoms with Crippen molar-refractivity contribution in [3.05, 3.63) is 0 Å². The number of hydrogen-bond donors (Lipinski definition) is 0. The molecule has 0 heterocycles. The van der Waals surface area contributed by atoms with Gasteiger partial charge in [-0.25, -0.2) is 4.39 Å².